The summed E-state index contributed by atoms with van der Waals surface area (Å²) in [6.45, 7) is 0. The Labute approximate surface area is 164 Å². The number of carbonyl (C=O) groups excluding carboxylic acids is 1. The molecule has 7 heteroatoms. The Hall–Kier alpha value is -2.86. The van der Waals surface area contributed by atoms with Crippen LogP contribution in [0.5, 0.6) is 17.2 Å². The molecule has 6 nitrogen and oxygen atoms in total. The van der Waals surface area contributed by atoms with Gasteiger partial charge >= 0.3 is 0 Å². The number of nitrogens with zero attached hydrogens (tertiary/aromatic N) is 1. The number of hydrogen-bond donors (Lipinski definition) is 1. The van der Waals surface area contributed by atoms with Crippen molar-refractivity contribution in [3.63, 3.8) is 0 Å². The second kappa shape index (κ2) is 8.68. The molecule has 2 aromatic carbocycles. The van der Waals surface area contributed by atoms with E-state index < -0.39 is 5.78 Å². The van der Waals surface area contributed by atoms with Gasteiger partial charge in [-0.1, -0.05) is 17.7 Å². The number of rotatable bonds is 7. The van der Waals surface area contributed by atoms with Crippen LogP contribution in [0, 0.1) is 0 Å². The molecule has 0 amide bonds. The van der Waals surface area contributed by atoms with Gasteiger partial charge in [-0.2, -0.15) is 0 Å². The normalized spacial score (nSPS) is 11.1. The average molecular weight is 391 g/mol. The van der Waals surface area contributed by atoms with Gasteiger partial charge in [-0.15, -0.1) is 0 Å². The summed E-state index contributed by atoms with van der Waals surface area (Å²) in [6.07, 6.45) is 1.56. The number of carbonyl (C=O) groups is 1. The van der Waals surface area contributed by atoms with Crippen molar-refractivity contribution in [2.24, 2.45) is 0 Å². The predicted octanol–water partition coefficient (Wildman–Crippen LogP) is 3.82. The second-order valence-electron chi connectivity index (χ2n) is 5.94. The summed E-state index contributed by atoms with van der Waals surface area (Å²) in [7, 11) is 8.25. The highest BCUT2D eigenvalue weighted by molar-refractivity contribution is 6.47. The lowest BCUT2D eigenvalue weighted by Gasteiger charge is -2.15. The molecule has 0 spiro atoms. The number of ether oxygens (including phenoxy) is 3. The van der Waals surface area contributed by atoms with E-state index in [-0.39, 0.29) is 16.3 Å². The number of Topliss-reactive ketones (excluding diaryl/α,β-unsaturated/α-hetero) is 1. The number of ketones is 1. The quantitative estimate of drug-likeness (QED) is 0.440. The fourth-order valence-electron chi connectivity index (χ4n) is 2.64. The topological polar surface area (TPSA) is 74.0 Å². The molecule has 2 rings (SSSR count). The van der Waals surface area contributed by atoms with Gasteiger partial charge < -0.3 is 24.8 Å². The number of hydrogen-bond acceptors (Lipinski definition) is 6. The van der Waals surface area contributed by atoms with Crippen LogP contribution in [0.4, 0.5) is 11.4 Å². The summed E-state index contributed by atoms with van der Waals surface area (Å²) in [5.41, 5.74) is 8.48. The maximum Gasteiger partial charge on any atom is 0.208 e. The van der Waals surface area contributed by atoms with Crippen molar-refractivity contribution in [1.29, 1.82) is 0 Å². The van der Waals surface area contributed by atoms with Crippen LogP contribution < -0.4 is 24.8 Å². The van der Waals surface area contributed by atoms with Crippen molar-refractivity contribution >= 4 is 34.8 Å². The van der Waals surface area contributed by atoms with E-state index in [0.717, 1.165) is 5.69 Å². The smallest absolute Gasteiger partial charge is 0.208 e. The summed E-state index contributed by atoms with van der Waals surface area (Å²) in [4.78, 5) is 14.8. The van der Waals surface area contributed by atoms with Crippen LogP contribution in [0.15, 0.2) is 35.4 Å². The molecular formula is C20H23ClN2O4. The lowest BCUT2D eigenvalue weighted by Crippen LogP contribution is -2.11. The highest BCUT2D eigenvalue weighted by atomic mass is 35.5. The molecule has 0 atom stereocenters. The summed E-state index contributed by atoms with van der Waals surface area (Å²) in [5.74, 6) is 0.711. The fourth-order valence-corrected chi connectivity index (χ4v) is 2.86. The molecule has 0 fully saturated rings. The molecule has 0 aliphatic rings. The summed E-state index contributed by atoms with van der Waals surface area (Å²) < 4.78 is 15.8. The molecule has 0 heterocycles. The third-order valence-corrected chi connectivity index (χ3v) is 4.26. The molecule has 0 saturated carbocycles. The Morgan fingerprint density at radius 2 is 1.78 bits per heavy atom. The second-order valence-corrected chi connectivity index (χ2v) is 6.35. The van der Waals surface area contributed by atoms with Gasteiger partial charge in [-0.25, -0.2) is 0 Å². The summed E-state index contributed by atoms with van der Waals surface area (Å²) >= 11 is 6.30. The number of nitrogen functional groups attached to an aromatic ring is 1. The number of anilines is 2. The Kier molecular flexibility index (Phi) is 6.58. The molecule has 2 aromatic rings. The van der Waals surface area contributed by atoms with Crippen LogP contribution >= 0.6 is 11.6 Å². The first-order valence-corrected chi connectivity index (χ1v) is 8.48. The maximum absolute atomic E-state index is 12.9. The number of benzene rings is 2. The molecular weight excluding hydrogens is 368 g/mol. The monoisotopic (exact) mass is 390 g/mol. The molecule has 0 radical (unpaired) electrons. The van der Waals surface area contributed by atoms with Gasteiger partial charge in [-0.3, -0.25) is 4.79 Å². The first-order chi connectivity index (χ1) is 12.8. The van der Waals surface area contributed by atoms with Crippen LogP contribution in [0.1, 0.15) is 15.9 Å². The van der Waals surface area contributed by atoms with E-state index in [9.17, 15) is 4.79 Å². The third-order valence-electron chi connectivity index (χ3n) is 3.98. The zero-order valence-electron chi connectivity index (χ0n) is 16.0. The minimum Gasteiger partial charge on any atom is -0.497 e. The van der Waals surface area contributed by atoms with E-state index in [1.54, 1.807) is 24.3 Å². The number of nitrogens with two attached hydrogens (primary N) is 1. The zero-order valence-corrected chi connectivity index (χ0v) is 16.8. The van der Waals surface area contributed by atoms with Crippen molar-refractivity contribution in [2.75, 3.05) is 46.1 Å². The van der Waals surface area contributed by atoms with Gasteiger partial charge in [0.15, 0.2) is 11.5 Å². The molecule has 0 aromatic heterocycles. The highest BCUT2D eigenvalue weighted by Crippen LogP contribution is 2.37. The highest BCUT2D eigenvalue weighted by Gasteiger charge is 2.21. The molecule has 0 aliphatic carbocycles. The van der Waals surface area contributed by atoms with E-state index >= 15 is 0 Å². The largest absolute Gasteiger partial charge is 0.497 e. The van der Waals surface area contributed by atoms with Crippen molar-refractivity contribution in [2.45, 2.75) is 0 Å². The van der Waals surface area contributed by atoms with Crippen molar-refractivity contribution in [3.8, 4) is 17.2 Å². The van der Waals surface area contributed by atoms with E-state index in [1.807, 2.05) is 31.1 Å². The van der Waals surface area contributed by atoms with Crippen LogP contribution in [0.3, 0.4) is 0 Å². The van der Waals surface area contributed by atoms with E-state index in [1.165, 1.54) is 21.3 Å². The fraction of sp³-hybridized carbons (Fsp3) is 0.250. The molecule has 144 valence electrons. The molecule has 0 unspecified atom stereocenters. The number of allylic oxidation sites excluding steroid dienone is 1. The standard InChI is InChI=1S/C20H23ClN2O4/c1-23(2)17-7-6-12(9-16(17)22)8-15(21)19(24)14-10-13(25-3)11-18(26-4)20(14)27-5/h6-11H,22H2,1-5H3. The summed E-state index contributed by atoms with van der Waals surface area (Å²) in [5, 5.41) is 0.0145. The van der Waals surface area contributed by atoms with Crippen molar-refractivity contribution in [1.82, 2.24) is 0 Å². The average Bonchev–Trinajstić information content (AvgIpc) is 2.65. The van der Waals surface area contributed by atoms with Crippen LogP contribution in [0.2, 0.25) is 0 Å². The molecule has 0 saturated heterocycles. The maximum atomic E-state index is 12.9. The van der Waals surface area contributed by atoms with E-state index in [4.69, 9.17) is 31.5 Å². The molecule has 2 N–H and O–H groups in total. The van der Waals surface area contributed by atoms with Crippen molar-refractivity contribution < 1.29 is 19.0 Å². The van der Waals surface area contributed by atoms with Gasteiger partial charge in [0.05, 0.1) is 43.3 Å². The van der Waals surface area contributed by atoms with Crippen LogP contribution in [0.25, 0.3) is 6.08 Å². The first-order valence-electron chi connectivity index (χ1n) is 8.11. The molecule has 0 bridgehead atoms. The Bertz CT molecular complexity index is 879. The van der Waals surface area contributed by atoms with Crippen molar-refractivity contribution in [3.05, 3.63) is 46.5 Å². The van der Waals surface area contributed by atoms with Gasteiger partial charge in [0, 0.05) is 20.2 Å². The zero-order chi connectivity index (χ0) is 20.1. The predicted molar refractivity (Wildman–Crippen MR) is 109 cm³/mol. The van der Waals surface area contributed by atoms with Gasteiger partial charge in [-0.05, 0) is 29.8 Å². The minimum absolute atomic E-state index is 0.0145. The third kappa shape index (κ3) is 4.46. The van der Waals surface area contributed by atoms with Crippen LogP contribution in [-0.4, -0.2) is 41.2 Å². The Balaban J connectivity index is 2.45. The van der Waals surface area contributed by atoms with E-state index in [2.05, 4.69) is 0 Å². The lowest BCUT2D eigenvalue weighted by atomic mass is 10.1. The Morgan fingerprint density at radius 3 is 2.30 bits per heavy atom. The van der Waals surface area contributed by atoms with Crippen LogP contribution in [-0.2, 0) is 0 Å². The summed E-state index contributed by atoms with van der Waals surface area (Å²) in [6, 6.07) is 8.65. The minimum atomic E-state index is -0.416. The molecule has 27 heavy (non-hydrogen) atoms. The molecule has 0 aliphatic heterocycles. The first kappa shape index (κ1) is 20.5. The Morgan fingerprint density at radius 1 is 1.07 bits per heavy atom. The van der Waals surface area contributed by atoms with Gasteiger partial charge in [0.1, 0.15) is 5.75 Å². The van der Waals surface area contributed by atoms with E-state index in [0.29, 0.717) is 22.7 Å². The van der Waals surface area contributed by atoms with Gasteiger partial charge in [0.2, 0.25) is 5.78 Å². The number of methoxy groups -OCH3 is 3. The number of halogens is 1. The lowest BCUT2D eigenvalue weighted by molar-refractivity contribution is 0.103. The van der Waals surface area contributed by atoms with Gasteiger partial charge in [0.25, 0.3) is 0 Å². The SMILES string of the molecule is COc1cc(OC)c(OC)c(C(=O)C(Cl)=Cc2ccc(N(C)C)c(N)c2)c1.